The molecule has 0 aliphatic carbocycles. The van der Waals surface area contributed by atoms with E-state index in [-0.39, 0.29) is 31.5 Å². The van der Waals surface area contributed by atoms with Crippen LogP contribution in [0.15, 0.2) is 36.7 Å². The summed E-state index contributed by atoms with van der Waals surface area (Å²) in [6, 6.07) is 11.3. The number of rotatable bonds is 28. The number of hydrogen-bond acceptors (Lipinski definition) is 10. The molecule has 13 heteroatoms. The van der Waals surface area contributed by atoms with Crippen molar-refractivity contribution in [1.82, 2.24) is 14.6 Å². The van der Waals surface area contributed by atoms with Gasteiger partial charge < -0.3 is 29.1 Å². The van der Waals surface area contributed by atoms with Crippen molar-refractivity contribution in [1.29, 1.82) is 10.5 Å². The predicted octanol–water partition coefficient (Wildman–Crippen LogP) is 11.1. The van der Waals surface area contributed by atoms with Crippen LogP contribution < -0.4 is 5.73 Å². The van der Waals surface area contributed by atoms with Crippen LogP contribution in [0.3, 0.4) is 0 Å². The molecule has 298 valence electrons. The van der Waals surface area contributed by atoms with Crippen LogP contribution >= 0.6 is 20.2 Å². The minimum atomic E-state index is -2.10. The normalized spacial score (nSPS) is 16.5. The Labute approximate surface area is 329 Å². The number of aromatic nitrogens is 3. The highest BCUT2D eigenvalue weighted by molar-refractivity contribution is 7.40. The quantitative estimate of drug-likeness (QED) is 0.0535. The molecule has 4 unspecified atom stereocenters. The van der Waals surface area contributed by atoms with Gasteiger partial charge in [-0.05, 0) is 49.1 Å². The molecule has 1 aliphatic rings. The second-order valence-corrected chi connectivity index (χ2v) is 15.6. The van der Waals surface area contributed by atoms with E-state index in [1.54, 1.807) is 16.6 Å². The summed E-state index contributed by atoms with van der Waals surface area (Å²) in [5.41, 5.74) is 8.98. The molecule has 4 rings (SSSR count). The monoisotopic (exact) mass is 784 g/mol. The largest absolute Gasteiger partial charge is 0.382 e. The van der Waals surface area contributed by atoms with E-state index in [1.807, 2.05) is 18.2 Å². The van der Waals surface area contributed by atoms with Crippen molar-refractivity contribution < 1.29 is 23.4 Å². The topological polar surface area (TPSA) is 161 Å². The zero-order valence-corrected chi connectivity index (χ0v) is 33.9. The Morgan fingerprint density at radius 2 is 1.57 bits per heavy atom. The minimum Gasteiger partial charge on any atom is -0.382 e. The van der Waals surface area contributed by atoms with E-state index in [2.05, 4.69) is 29.6 Å². The van der Waals surface area contributed by atoms with Crippen molar-refractivity contribution in [2.75, 3.05) is 18.9 Å². The molecule has 2 aromatic heterocycles. The Morgan fingerprint density at radius 1 is 0.944 bits per heavy atom. The Bertz CT molecular complexity index is 1520. The van der Waals surface area contributed by atoms with Crippen molar-refractivity contribution in [3.63, 3.8) is 0 Å². The van der Waals surface area contributed by atoms with Gasteiger partial charge in [-0.15, -0.1) is 0 Å². The van der Waals surface area contributed by atoms with Gasteiger partial charge in [0.25, 0.3) is 0 Å². The summed E-state index contributed by atoms with van der Waals surface area (Å²) in [4.78, 5) is 14.7. The maximum absolute atomic E-state index is 10.6. The van der Waals surface area contributed by atoms with E-state index >= 15 is 0 Å². The van der Waals surface area contributed by atoms with E-state index in [0.29, 0.717) is 23.0 Å². The summed E-state index contributed by atoms with van der Waals surface area (Å²) in [6.45, 7) is 6.56. The van der Waals surface area contributed by atoms with Crippen molar-refractivity contribution in [3.05, 3.63) is 58.5 Å². The number of fused-ring (bicyclic) bond motifs is 1. The third-order valence-corrected chi connectivity index (χ3v) is 11.0. The molecule has 1 saturated heterocycles. The predicted molar refractivity (Wildman–Crippen MR) is 215 cm³/mol. The summed E-state index contributed by atoms with van der Waals surface area (Å²) >= 11 is 6.25. The summed E-state index contributed by atoms with van der Waals surface area (Å²) in [5.74, 6) is 0.426. The number of anilines is 1. The van der Waals surface area contributed by atoms with E-state index in [4.69, 9.17) is 41.1 Å². The Hall–Kier alpha value is -2.86. The smallest absolute Gasteiger partial charge is 0.330 e. The van der Waals surface area contributed by atoms with Crippen LogP contribution in [-0.2, 0) is 25.1 Å². The van der Waals surface area contributed by atoms with Gasteiger partial charge in [0.05, 0.1) is 48.3 Å². The first-order valence-corrected chi connectivity index (χ1v) is 21.5. The van der Waals surface area contributed by atoms with E-state index < -0.39 is 8.60 Å². The number of nitrogens with two attached hydrogens (primary N) is 1. The van der Waals surface area contributed by atoms with Crippen LogP contribution in [0.25, 0.3) is 5.52 Å². The van der Waals surface area contributed by atoms with Gasteiger partial charge in [-0.1, -0.05) is 134 Å². The first kappa shape index (κ1) is 45.5. The van der Waals surface area contributed by atoms with E-state index in [1.165, 1.54) is 103 Å². The molecule has 4 atom stereocenters. The Morgan fingerprint density at radius 3 is 2.19 bits per heavy atom. The fourth-order valence-corrected chi connectivity index (χ4v) is 7.77. The van der Waals surface area contributed by atoms with Gasteiger partial charge in [-0.25, -0.2) is 14.8 Å². The molecule has 1 aliphatic heterocycles. The summed E-state index contributed by atoms with van der Waals surface area (Å²) in [6.07, 6.45) is 26.0. The van der Waals surface area contributed by atoms with Gasteiger partial charge in [-0.2, -0.15) is 10.4 Å². The molecule has 0 spiro atoms. The second-order valence-electron chi connectivity index (χ2n) is 14.2. The molecular formula is C41H62ClN6O5P. The highest BCUT2D eigenvalue weighted by Gasteiger charge is 2.30. The zero-order chi connectivity index (χ0) is 38.8. The summed E-state index contributed by atoms with van der Waals surface area (Å²) in [5, 5.41) is 20.4. The molecule has 0 amide bonds. The number of unbranched alkanes of at least 4 members (excludes halogenated alkanes) is 16. The SMILES string of the molecule is C#N.CCCCCCCCCCCCCCCCCCCC(COP(O)OCC1CCC(c2ccc3c(N)ncnn23)O1)OCc1ccc(C#N)c(Cl)c1. The fourth-order valence-electron chi connectivity index (χ4n) is 6.86. The minimum absolute atomic E-state index is 0.144. The number of halogens is 1. The standard InChI is InChI=1S/C40H61ClN5O5P.CHN/c1-2-3-4-5-6-7-8-9-10-11-12-13-14-15-16-17-18-19-34(48-28-32-20-21-33(27-42)36(41)26-32)29-49-52(47)50-30-35-22-25-39(51-35)37-23-24-38-40(43)44-31-45-46(37)38;1-2/h20-21,23-24,26,31,34-35,39,47H,2-19,22,25,28-30H2,1H3,(H2,43,44,45);1H. The zero-order valence-electron chi connectivity index (χ0n) is 32.3. The lowest BCUT2D eigenvalue weighted by Gasteiger charge is -2.20. The number of nitrogen functional groups attached to an aromatic ring is 1. The lowest BCUT2D eigenvalue weighted by molar-refractivity contribution is -0.00964. The number of hydrogen-bond donors (Lipinski definition) is 2. The maximum atomic E-state index is 10.6. The van der Waals surface area contributed by atoms with Crippen LogP contribution in [0, 0.1) is 23.2 Å². The van der Waals surface area contributed by atoms with Crippen LogP contribution in [0.5, 0.6) is 0 Å². The summed E-state index contributed by atoms with van der Waals surface area (Å²) in [7, 11) is -2.10. The highest BCUT2D eigenvalue weighted by atomic mass is 35.5. The first-order valence-electron chi connectivity index (χ1n) is 20.0. The lowest BCUT2D eigenvalue weighted by Crippen LogP contribution is -2.20. The molecule has 11 nitrogen and oxygen atoms in total. The van der Waals surface area contributed by atoms with Gasteiger partial charge >= 0.3 is 8.60 Å². The van der Waals surface area contributed by atoms with Crippen LogP contribution in [0.2, 0.25) is 5.02 Å². The van der Waals surface area contributed by atoms with E-state index in [0.717, 1.165) is 48.9 Å². The third-order valence-electron chi connectivity index (χ3n) is 9.96. The van der Waals surface area contributed by atoms with Gasteiger partial charge in [-0.3, -0.25) is 0 Å². The van der Waals surface area contributed by atoms with Crippen molar-refractivity contribution in [3.8, 4) is 12.6 Å². The third kappa shape index (κ3) is 16.9. The van der Waals surface area contributed by atoms with Gasteiger partial charge in [0.1, 0.15) is 24.0 Å². The average Bonchev–Trinajstić information content (AvgIpc) is 3.85. The fraction of sp³-hybridized carbons (Fsp3) is 0.659. The Kier molecular flexibility index (Phi) is 23.3. The molecular weight excluding hydrogens is 723 g/mol. The van der Waals surface area contributed by atoms with Crippen LogP contribution in [-0.4, -0.2) is 44.9 Å². The average molecular weight is 785 g/mol. The van der Waals surface area contributed by atoms with Gasteiger partial charge in [0, 0.05) is 6.57 Å². The lowest BCUT2D eigenvalue weighted by atomic mass is 10.0. The van der Waals surface area contributed by atoms with Crippen molar-refractivity contribution in [2.45, 2.75) is 160 Å². The Balaban J connectivity index is 0.00000385. The molecule has 0 bridgehead atoms. The summed E-state index contributed by atoms with van der Waals surface area (Å²) < 4.78 is 25.7. The molecule has 3 aromatic rings. The first-order chi connectivity index (χ1) is 26.5. The van der Waals surface area contributed by atoms with Gasteiger partial charge in [0.2, 0.25) is 0 Å². The highest BCUT2D eigenvalue weighted by Crippen LogP contribution is 2.38. The number of nitriles is 2. The number of nitrogens with zero attached hydrogens (tertiary/aromatic N) is 5. The number of benzene rings is 1. The van der Waals surface area contributed by atoms with Gasteiger partial charge in [0.15, 0.2) is 5.82 Å². The molecule has 54 heavy (non-hydrogen) atoms. The molecule has 0 saturated carbocycles. The second kappa shape index (κ2) is 27.7. The number of ether oxygens (including phenoxy) is 2. The van der Waals surface area contributed by atoms with Crippen LogP contribution in [0.4, 0.5) is 5.82 Å². The molecule has 3 heterocycles. The van der Waals surface area contributed by atoms with Crippen LogP contribution in [0.1, 0.15) is 158 Å². The molecule has 3 N–H and O–H groups in total. The van der Waals surface area contributed by atoms with E-state index in [9.17, 15) is 10.2 Å². The molecule has 0 radical (unpaired) electrons. The van der Waals surface area contributed by atoms with Crippen molar-refractivity contribution >= 4 is 31.5 Å². The molecule has 1 aromatic carbocycles. The van der Waals surface area contributed by atoms with Crippen molar-refractivity contribution in [2.24, 2.45) is 0 Å². The maximum Gasteiger partial charge on any atom is 0.330 e. The molecule has 1 fully saturated rings.